The smallest absolute Gasteiger partial charge is 0.0896 e. The van der Waals surface area contributed by atoms with Crippen LogP contribution in [0.2, 0.25) is 0 Å². The van der Waals surface area contributed by atoms with E-state index in [0.717, 1.165) is 24.0 Å². The van der Waals surface area contributed by atoms with E-state index in [1.54, 1.807) is 0 Å². The molecule has 0 bridgehead atoms. The Bertz CT molecular complexity index is 325. The van der Waals surface area contributed by atoms with Gasteiger partial charge in [-0.2, -0.15) is 0 Å². The van der Waals surface area contributed by atoms with Crippen molar-refractivity contribution in [2.45, 2.75) is 38.3 Å². The Morgan fingerprint density at radius 2 is 1.93 bits per heavy atom. The molecule has 1 aromatic carbocycles. The molecule has 1 aliphatic carbocycles. The Morgan fingerprint density at radius 3 is 2.33 bits per heavy atom. The van der Waals surface area contributed by atoms with Crippen LogP contribution in [0.1, 0.15) is 37.3 Å². The van der Waals surface area contributed by atoms with Crippen molar-refractivity contribution < 1.29 is 5.11 Å². The summed E-state index contributed by atoms with van der Waals surface area (Å²) < 4.78 is 0. The van der Waals surface area contributed by atoms with Crippen LogP contribution < -0.4 is 5.73 Å². The van der Waals surface area contributed by atoms with Crippen LogP contribution in [0.5, 0.6) is 0 Å². The Hall–Kier alpha value is -0.860. The summed E-state index contributed by atoms with van der Waals surface area (Å²) in [7, 11) is 0. The number of hydrogen-bond acceptors (Lipinski definition) is 2. The third kappa shape index (κ3) is 1.92. The van der Waals surface area contributed by atoms with Gasteiger partial charge in [0.25, 0.3) is 0 Å². The van der Waals surface area contributed by atoms with E-state index in [-0.39, 0.29) is 0 Å². The number of benzene rings is 1. The summed E-state index contributed by atoms with van der Waals surface area (Å²) in [5, 5.41) is 10.4. The van der Waals surface area contributed by atoms with Gasteiger partial charge in [0.1, 0.15) is 0 Å². The minimum atomic E-state index is -0.661. The zero-order valence-corrected chi connectivity index (χ0v) is 9.24. The highest BCUT2D eigenvalue weighted by molar-refractivity contribution is 5.27. The fraction of sp³-hybridized carbons (Fsp3) is 0.538. The van der Waals surface area contributed by atoms with Crippen molar-refractivity contribution in [3.63, 3.8) is 0 Å². The molecule has 0 heterocycles. The maximum atomic E-state index is 10.4. The molecule has 0 amide bonds. The van der Waals surface area contributed by atoms with Crippen molar-refractivity contribution in [1.82, 2.24) is 0 Å². The van der Waals surface area contributed by atoms with E-state index in [9.17, 15) is 5.11 Å². The van der Waals surface area contributed by atoms with Crippen molar-refractivity contribution in [3.05, 3.63) is 35.4 Å². The Morgan fingerprint density at radius 1 is 1.33 bits per heavy atom. The first kappa shape index (κ1) is 10.7. The highest BCUT2D eigenvalue weighted by Gasteiger charge is 2.37. The molecule has 1 unspecified atom stereocenters. The van der Waals surface area contributed by atoms with Crippen LogP contribution in [0.4, 0.5) is 0 Å². The summed E-state index contributed by atoms with van der Waals surface area (Å²) in [6.07, 6.45) is 3.54. The highest BCUT2D eigenvalue weighted by atomic mass is 16.3. The molecule has 1 aliphatic rings. The van der Waals surface area contributed by atoms with Crippen molar-refractivity contribution in [2.24, 2.45) is 11.7 Å². The average Bonchev–Trinajstić information content (AvgIpc) is 2.14. The summed E-state index contributed by atoms with van der Waals surface area (Å²) in [6, 6.07) is 8.01. The molecule has 0 radical (unpaired) electrons. The second-order valence-corrected chi connectivity index (χ2v) is 4.68. The van der Waals surface area contributed by atoms with Gasteiger partial charge in [0.15, 0.2) is 0 Å². The number of aliphatic hydroxyl groups is 1. The van der Waals surface area contributed by atoms with Crippen LogP contribution in [0.25, 0.3) is 0 Å². The monoisotopic (exact) mass is 205 g/mol. The van der Waals surface area contributed by atoms with E-state index in [0.29, 0.717) is 12.5 Å². The van der Waals surface area contributed by atoms with Gasteiger partial charge in [0.2, 0.25) is 0 Å². The van der Waals surface area contributed by atoms with Gasteiger partial charge >= 0.3 is 0 Å². The standard InChI is InChI=1S/C13H19NO/c1-13(15,11-3-2-4-11)12-7-5-10(9-14)6-8-12/h5-8,11,15H,2-4,9,14H2,1H3. The molecule has 1 atom stereocenters. The van der Waals surface area contributed by atoms with Crippen LogP contribution in [-0.4, -0.2) is 5.11 Å². The lowest BCUT2D eigenvalue weighted by Gasteiger charge is -2.39. The topological polar surface area (TPSA) is 46.2 Å². The first-order valence-corrected chi connectivity index (χ1v) is 5.66. The minimum Gasteiger partial charge on any atom is -0.385 e. The molecule has 2 nitrogen and oxygen atoms in total. The number of rotatable bonds is 3. The predicted octanol–water partition coefficient (Wildman–Crippen LogP) is 2.15. The average molecular weight is 205 g/mol. The molecular formula is C13H19NO. The molecule has 2 rings (SSSR count). The third-order valence-electron chi connectivity index (χ3n) is 3.67. The molecule has 0 saturated heterocycles. The molecule has 82 valence electrons. The summed E-state index contributed by atoms with van der Waals surface area (Å²) in [6.45, 7) is 2.49. The zero-order chi connectivity index (χ0) is 10.9. The molecule has 0 aromatic heterocycles. The van der Waals surface area contributed by atoms with Crippen LogP contribution in [0, 0.1) is 5.92 Å². The van der Waals surface area contributed by atoms with Crippen LogP contribution >= 0.6 is 0 Å². The minimum absolute atomic E-state index is 0.432. The van der Waals surface area contributed by atoms with Crippen molar-refractivity contribution in [1.29, 1.82) is 0 Å². The SMILES string of the molecule is CC(O)(c1ccc(CN)cc1)C1CCC1. The maximum Gasteiger partial charge on any atom is 0.0896 e. The number of hydrogen-bond donors (Lipinski definition) is 2. The fourth-order valence-corrected chi connectivity index (χ4v) is 2.18. The lowest BCUT2D eigenvalue weighted by atomic mass is 9.71. The first-order chi connectivity index (χ1) is 7.14. The van der Waals surface area contributed by atoms with E-state index < -0.39 is 5.60 Å². The van der Waals surface area contributed by atoms with Crippen LogP contribution in [0.3, 0.4) is 0 Å². The second-order valence-electron chi connectivity index (χ2n) is 4.68. The molecule has 1 saturated carbocycles. The Kier molecular flexibility index (Phi) is 2.81. The van der Waals surface area contributed by atoms with E-state index in [4.69, 9.17) is 5.73 Å². The van der Waals surface area contributed by atoms with Gasteiger partial charge < -0.3 is 10.8 Å². The molecule has 1 fully saturated rings. The van der Waals surface area contributed by atoms with Crippen LogP contribution in [0.15, 0.2) is 24.3 Å². The molecule has 0 aliphatic heterocycles. The largest absolute Gasteiger partial charge is 0.385 e. The van der Waals surface area contributed by atoms with Crippen molar-refractivity contribution in [2.75, 3.05) is 0 Å². The van der Waals surface area contributed by atoms with E-state index in [1.807, 2.05) is 31.2 Å². The zero-order valence-electron chi connectivity index (χ0n) is 9.24. The summed E-state index contributed by atoms with van der Waals surface area (Å²) in [5.74, 6) is 0.432. The van der Waals surface area contributed by atoms with Crippen molar-refractivity contribution in [3.8, 4) is 0 Å². The van der Waals surface area contributed by atoms with Gasteiger partial charge in [-0.3, -0.25) is 0 Å². The second kappa shape index (κ2) is 3.95. The van der Waals surface area contributed by atoms with Gasteiger partial charge in [-0.25, -0.2) is 0 Å². The Balaban J connectivity index is 2.20. The van der Waals surface area contributed by atoms with Gasteiger partial charge in [-0.05, 0) is 36.8 Å². The lowest BCUT2D eigenvalue weighted by Crippen LogP contribution is -2.36. The normalized spacial score (nSPS) is 20.7. The van der Waals surface area contributed by atoms with Gasteiger partial charge in [0.05, 0.1) is 5.60 Å². The maximum absolute atomic E-state index is 10.4. The quantitative estimate of drug-likeness (QED) is 0.794. The fourth-order valence-electron chi connectivity index (χ4n) is 2.18. The summed E-state index contributed by atoms with van der Waals surface area (Å²) in [5.41, 5.74) is 7.01. The van der Waals surface area contributed by atoms with Gasteiger partial charge in [0, 0.05) is 6.54 Å². The first-order valence-electron chi connectivity index (χ1n) is 5.66. The predicted molar refractivity (Wildman–Crippen MR) is 61.2 cm³/mol. The van der Waals surface area contributed by atoms with E-state index in [2.05, 4.69) is 0 Å². The third-order valence-corrected chi connectivity index (χ3v) is 3.67. The number of nitrogens with two attached hydrogens (primary N) is 1. The highest BCUT2D eigenvalue weighted by Crippen LogP contribution is 2.41. The lowest BCUT2D eigenvalue weighted by molar-refractivity contribution is -0.0399. The van der Waals surface area contributed by atoms with E-state index >= 15 is 0 Å². The van der Waals surface area contributed by atoms with Gasteiger partial charge in [-0.1, -0.05) is 30.7 Å². The van der Waals surface area contributed by atoms with Gasteiger partial charge in [-0.15, -0.1) is 0 Å². The molecule has 0 spiro atoms. The Labute approximate surface area is 91.1 Å². The molecular weight excluding hydrogens is 186 g/mol. The van der Waals surface area contributed by atoms with E-state index in [1.165, 1.54) is 6.42 Å². The molecule has 15 heavy (non-hydrogen) atoms. The molecule has 3 N–H and O–H groups in total. The molecule has 2 heteroatoms. The summed E-state index contributed by atoms with van der Waals surface area (Å²) >= 11 is 0. The summed E-state index contributed by atoms with van der Waals surface area (Å²) in [4.78, 5) is 0. The van der Waals surface area contributed by atoms with Crippen molar-refractivity contribution >= 4 is 0 Å². The molecule has 1 aromatic rings. The van der Waals surface area contributed by atoms with Crippen LogP contribution in [-0.2, 0) is 12.1 Å².